The highest BCUT2D eigenvalue weighted by Gasteiger charge is 2.14. The highest BCUT2D eigenvalue weighted by molar-refractivity contribution is 7.91. The van der Waals surface area contributed by atoms with Gasteiger partial charge in [-0.05, 0) is 19.4 Å². The van der Waals surface area contributed by atoms with Gasteiger partial charge in [0, 0.05) is 0 Å². The summed E-state index contributed by atoms with van der Waals surface area (Å²) in [6.07, 6.45) is 0. The predicted molar refractivity (Wildman–Crippen MR) is 59.4 cm³/mol. The van der Waals surface area contributed by atoms with Crippen molar-refractivity contribution in [2.75, 3.05) is 5.75 Å². The maximum absolute atomic E-state index is 11.5. The molecule has 0 saturated carbocycles. The van der Waals surface area contributed by atoms with Crippen LogP contribution in [0.5, 0.6) is 0 Å². The first kappa shape index (κ1) is 11.9. The summed E-state index contributed by atoms with van der Waals surface area (Å²) in [5.41, 5.74) is 1.75. The molecule has 1 rings (SSSR count). The van der Waals surface area contributed by atoms with Crippen molar-refractivity contribution in [1.82, 2.24) is 0 Å². The fourth-order valence-electron chi connectivity index (χ4n) is 1.42. The summed E-state index contributed by atoms with van der Waals surface area (Å²) >= 11 is 0. The second-order valence-corrected chi connectivity index (χ2v) is 5.79. The number of sulfone groups is 1. The lowest BCUT2D eigenvalue weighted by Gasteiger charge is -2.03. The van der Waals surface area contributed by atoms with Gasteiger partial charge in [0.15, 0.2) is 9.84 Å². The van der Waals surface area contributed by atoms with E-state index in [1.165, 1.54) is 6.92 Å². The fourth-order valence-corrected chi connectivity index (χ4v) is 2.83. The number of hydrogen-bond donors (Lipinski definition) is 0. The minimum Gasteiger partial charge on any atom is -0.299 e. The molecule has 3 nitrogen and oxygen atoms in total. The SMILES string of the molecule is CC(=O)CS(=O)(=O)Cc1cccc(C)c1. The van der Waals surface area contributed by atoms with Gasteiger partial charge in [-0.1, -0.05) is 29.8 Å². The Hall–Kier alpha value is -1.16. The normalized spacial score (nSPS) is 11.3. The molecule has 0 aliphatic rings. The van der Waals surface area contributed by atoms with Crippen molar-refractivity contribution in [1.29, 1.82) is 0 Å². The van der Waals surface area contributed by atoms with Crippen molar-refractivity contribution < 1.29 is 13.2 Å². The summed E-state index contributed by atoms with van der Waals surface area (Å²) in [4.78, 5) is 10.7. The molecule has 0 bridgehead atoms. The zero-order chi connectivity index (χ0) is 11.5. The minimum atomic E-state index is -3.30. The number of carbonyl (C=O) groups is 1. The first-order valence-electron chi connectivity index (χ1n) is 4.64. The second kappa shape index (κ2) is 4.57. The molecular formula is C11H14O3S. The Morgan fingerprint density at radius 3 is 2.53 bits per heavy atom. The summed E-state index contributed by atoms with van der Waals surface area (Å²) in [5, 5.41) is 0. The van der Waals surface area contributed by atoms with E-state index in [4.69, 9.17) is 0 Å². The predicted octanol–water partition coefficient (Wildman–Crippen LogP) is 1.50. The Bertz CT molecular complexity index is 460. The van der Waals surface area contributed by atoms with E-state index >= 15 is 0 Å². The van der Waals surface area contributed by atoms with Gasteiger partial charge >= 0.3 is 0 Å². The van der Waals surface area contributed by atoms with Crippen LogP contribution in [0.2, 0.25) is 0 Å². The van der Waals surface area contributed by atoms with Crippen LogP contribution >= 0.6 is 0 Å². The summed E-state index contributed by atoms with van der Waals surface area (Å²) in [7, 11) is -3.30. The van der Waals surface area contributed by atoms with Crippen molar-refractivity contribution in [3.05, 3.63) is 35.4 Å². The van der Waals surface area contributed by atoms with E-state index in [1.54, 1.807) is 6.07 Å². The van der Waals surface area contributed by atoms with Gasteiger partial charge in [-0.15, -0.1) is 0 Å². The highest BCUT2D eigenvalue weighted by Crippen LogP contribution is 2.09. The number of carbonyl (C=O) groups excluding carboxylic acids is 1. The Labute approximate surface area is 90.0 Å². The highest BCUT2D eigenvalue weighted by atomic mass is 32.2. The molecule has 82 valence electrons. The monoisotopic (exact) mass is 226 g/mol. The van der Waals surface area contributed by atoms with E-state index in [9.17, 15) is 13.2 Å². The number of benzene rings is 1. The molecule has 0 heterocycles. The maximum atomic E-state index is 11.5. The maximum Gasteiger partial charge on any atom is 0.161 e. The first-order chi connectivity index (χ1) is 6.89. The van der Waals surface area contributed by atoms with Crippen LogP contribution < -0.4 is 0 Å². The molecule has 0 spiro atoms. The molecule has 0 fully saturated rings. The zero-order valence-electron chi connectivity index (χ0n) is 8.86. The summed E-state index contributed by atoms with van der Waals surface area (Å²) in [6.45, 7) is 3.19. The molecule has 0 amide bonds. The molecule has 0 radical (unpaired) electrons. The van der Waals surface area contributed by atoms with Crippen LogP contribution in [0.25, 0.3) is 0 Å². The molecule has 1 aromatic rings. The van der Waals surface area contributed by atoms with E-state index in [0.717, 1.165) is 11.1 Å². The Morgan fingerprint density at radius 2 is 2.00 bits per heavy atom. The third-order valence-electron chi connectivity index (χ3n) is 1.89. The number of hydrogen-bond acceptors (Lipinski definition) is 3. The van der Waals surface area contributed by atoms with Crippen molar-refractivity contribution in [3.63, 3.8) is 0 Å². The molecular weight excluding hydrogens is 212 g/mol. The van der Waals surface area contributed by atoms with Crippen molar-refractivity contribution in [3.8, 4) is 0 Å². The van der Waals surface area contributed by atoms with Crippen LogP contribution in [0.4, 0.5) is 0 Å². The standard InChI is InChI=1S/C11H14O3S/c1-9-4-3-5-11(6-9)8-15(13,14)7-10(2)12/h3-6H,7-8H2,1-2H3. The molecule has 0 N–H and O–H groups in total. The molecule has 0 saturated heterocycles. The third kappa shape index (κ3) is 4.25. The minimum absolute atomic E-state index is 0.0613. The van der Waals surface area contributed by atoms with Gasteiger partial charge in [-0.25, -0.2) is 8.42 Å². The number of aryl methyl sites for hydroxylation is 1. The Morgan fingerprint density at radius 1 is 1.33 bits per heavy atom. The number of Topliss-reactive ketones (excluding diaryl/α,β-unsaturated/α-hetero) is 1. The molecule has 4 heteroatoms. The molecule has 15 heavy (non-hydrogen) atoms. The van der Waals surface area contributed by atoms with Gasteiger partial charge < -0.3 is 0 Å². The Balaban J connectivity index is 2.82. The lowest BCUT2D eigenvalue weighted by Crippen LogP contribution is -2.15. The summed E-state index contributed by atoms with van der Waals surface area (Å²) in [6, 6.07) is 7.29. The van der Waals surface area contributed by atoms with Gasteiger partial charge in [0.05, 0.1) is 5.75 Å². The first-order valence-corrected chi connectivity index (χ1v) is 6.46. The fraction of sp³-hybridized carbons (Fsp3) is 0.364. The van der Waals surface area contributed by atoms with Crippen molar-refractivity contribution in [2.45, 2.75) is 19.6 Å². The molecule has 0 unspecified atom stereocenters. The molecule has 1 aromatic carbocycles. The largest absolute Gasteiger partial charge is 0.299 e. The van der Waals surface area contributed by atoms with E-state index in [2.05, 4.69) is 0 Å². The Kier molecular flexibility index (Phi) is 3.63. The third-order valence-corrected chi connectivity index (χ3v) is 3.51. The summed E-state index contributed by atoms with van der Waals surface area (Å²) < 4.78 is 23.0. The molecule has 0 aliphatic heterocycles. The number of ketones is 1. The van der Waals surface area contributed by atoms with Crippen LogP contribution in [-0.2, 0) is 20.4 Å². The van der Waals surface area contributed by atoms with Crippen LogP contribution in [0, 0.1) is 6.92 Å². The van der Waals surface area contributed by atoms with Gasteiger partial charge in [0.1, 0.15) is 11.5 Å². The molecule has 0 aromatic heterocycles. The summed E-state index contributed by atoms with van der Waals surface area (Å²) in [5.74, 6) is -0.752. The van der Waals surface area contributed by atoms with Crippen LogP contribution in [0.1, 0.15) is 18.1 Å². The van der Waals surface area contributed by atoms with E-state index in [0.29, 0.717) is 0 Å². The van der Waals surface area contributed by atoms with Gasteiger partial charge in [0.25, 0.3) is 0 Å². The average molecular weight is 226 g/mol. The molecule has 0 aliphatic carbocycles. The average Bonchev–Trinajstić information content (AvgIpc) is 1.99. The lowest BCUT2D eigenvalue weighted by molar-refractivity contribution is -0.114. The van der Waals surface area contributed by atoms with E-state index < -0.39 is 9.84 Å². The van der Waals surface area contributed by atoms with Gasteiger partial charge in [-0.2, -0.15) is 0 Å². The van der Waals surface area contributed by atoms with Crippen LogP contribution in [0.15, 0.2) is 24.3 Å². The topological polar surface area (TPSA) is 51.2 Å². The van der Waals surface area contributed by atoms with Gasteiger partial charge in [0.2, 0.25) is 0 Å². The van der Waals surface area contributed by atoms with E-state index in [1.807, 2.05) is 25.1 Å². The smallest absolute Gasteiger partial charge is 0.161 e. The van der Waals surface area contributed by atoms with Crippen molar-refractivity contribution >= 4 is 15.6 Å². The van der Waals surface area contributed by atoms with E-state index in [-0.39, 0.29) is 17.3 Å². The van der Waals surface area contributed by atoms with Gasteiger partial charge in [-0.3, -0.25) is 4.79 Å². The lowest BCUT2D eigenvalue weighted by atomic mass is 10.2. The zero-order valence-corrected chi connectivity index (χ0v) is 9.67. The van der Waals surface area contributed by atoms with Crippen molar-refractivity contribution in [2.24, 2.45) is 0 Å². The second-order valence-electron chi connectivity index (χ2n) is 3.72. The van der Waals surface area contributed by atoms with Crippen LogP contribution in [-0.4, -0.2) is 20.0 Å². The quantitative estimate of drug-likeness (QED) is 0.781. The molecule has 0 atom stereocenters. The van der Waals surface area contributed by atoms with Crippen LogP contribution in [0.3, 0.4) is 0 Å². The number of rotatable bonds is 4.